The number of nitrogens with zero attached hydrogens (tertiary/aromatic N) is 2. The van der Waals surface area contributed by atoms with E-state index >= 15 is 0 Å². The Morgan fingerprint density at radius 1 is 1.47 bits per heavy atom. The van der Waals surface area contributed by atoms with Crippen LogP contribution in [0.25, 0.3) is 0 Å². The SMILES string of the molecule is NCC#Cc1cnccc1C(=O)N1CCCOCC1. The number of pyridine rings is 1. The van der Waals surface area contributed by atoms with Gasteiger partial charge in [-0.25, -0.2) is 0 Å². The van der Waals surface area contributed by atoms with Gasteiger partial charge in [0.25, 0.3) is 5.91 Å². The van der Waals surface area contributed by atoms with Crippen molar-refractivity contribution < 1.29 is 9.53 Å². The van der Waals surface area contributed by atoms with Crippen LogP contribution < -0.4 is 5.73 Å². The van der Waals surface area contributed by atoms with E-state index in [0.717, 1.165) is 6.42 Å². The van der Waals surface area contributed by atoms with E-state index in [9.17, 15) is 4.79 Å². The third-order valence-corrected chi connectivity index (χ3v) is 2.89. The van der Waals surface area contributed by atoms with Gasteiger partial charge in [-0.15, -0.1) is 0 Å². The van der Waals surface area contributed by atoms with E-state index in [4.69, 9.17) is 10.5 Å². The Morgan fingerprint density at radius 2 is 2.37 bits per heavy atom. The summed E-state index contributed by atoms with van der Waals surface area (Å²) in [6, 6.07) is 1.70. The molecule has 100 valence electrons. The molecule has 0 aliphatic carbocycles. The molecule has 1 aliphatic rings. The zero-order valence-corrected chi connectivity index (χ0v) is 10.8. The van der Waals surface area contributed by atoms with Crippen LogP contribution in [0.5, 0.6) is 0 Å². The Hall–Kier alpha value is -1.90. The van der Waals surface area contributed by atoms with Crippen LogP contribution in [0.15, 0.2) is 18.5 Å². The van der Waals surface area contributed by atoms with Crippen LogP contribution in [-0.4, -0.2) is 48.6 Å². The highest BCUT2D eigenvalue weighted by Gasteiger charge is 2.19. The van der Waals surface area contributed by atoms with Crippen molar-refractivity contribution in [2.24, 2.45) is 5.73 Å². The van der Waals surface area contributed by atoms with Gasteiger partial charge in [0, 0.05) is 32.1 Å². The maximum atomic E-state index is 12.5. The molecule has 0 radical (unpaired) electrons. The number of amides is 1. The first-order valence-electron chi connectivity index (χ1n) is 6.33. The van der Waals surface area contributed by atoms with Crippen molar-refractivity contribution in [1.29, 1.82) is 0 Å². The van der Waals surface area contributed by atoms with Gasteiger partial charge in [-0.3, -0.25) is 9.78 Å². The van der Waals surface area contributed by atoms with Crippen molar-refractivity contribution in [1.82, 2.24) is 9.88 Å². The van der Waals surface area contributed by atoms with E-state index in [-0.39, 0.29) is 12.5 Å². The van der Waals surface area contributed by atoms with Gasteiger partial charge in [-0.05, 0) is 12.5 Å². The Balaban J connectivity index is 2.22. The van der Waals surface area contributed by atoms with Crippen molar-refractivity contribution in [2.45, 2.75) is 6.42 Å². The van der Waals surface area contributed by atoms with Crippen LogP contribution >= 0.6 is 0 Å². The summed E-state index contributed by atoms with van der Waals surface area (Å²) >= 11 is 0. The molecule has 0 unspecified atom stereocenters. The smallest absolute Gasteiger partial charge is 0.255 e. The second-order valence-corrected chi connectivity index (χ2v) is 4.19. The molecule has 1 aliphatic heterocycles. The van der Waals surface area contributed by atoms with Crippen LogP contribution in [0.4, 0.5) is 0 Å². The zero-order valence-electron chi connectivity index (χ0n) is 10.8. The number of nitrogens with two attached hydrogens (primary N) is 1. The van der Waals surface area contributed by atoms with Crippen LogP contribution in [0.3, 0.4) is 0 Å². The van der Waals surface area contributed by atoms with Crippen LogP contribution in [0.2, 0.25) is 0 Å². The molecule has 1 fully saturated rings. The molecule has 2 rings (SSSR count). The lowest BCUT2D eigenvalue weighted by Crippen LogP contribution is -2.33. The normalized spacial score (nSPS) is 15.3. The topological polar surface area (TPSA) is 68.5 Å². The standard InChI is InChI=1S/C14H17N3O2/c15-5-1-3-12-11-16-6-4-13(12)14(18)17-7-2-9-19-10-8-17/h4,6,11H,2,5,7-10,15H2. The maximum absolute atomic E-state index is 12.5. The molecule has 19 heavy (non-hydrogen) atoms. The highest BCUT2D eigenvalue weighted by atomic mass is 16.5. The van der Waals surface area contributed by atoms with Gasteiger partial charge in [-0.1, -0.05) is 11.8 Å². The average molecular weight is 259 g/mol. The van der Waals surface area contributed by atoms with Crippen molar-refractivity contribution in [3.05, 3.63) is 29.6 Å². The minimum Gasteiger partial charge on any atom is -0.380 e. The second kappa shape index (κ2) is 6.88. The molecule has 0 aromatic carbocycles. The first kappa shape index (κ1) is 13.5. The lowest BCUT2D eigenvalue weighted by molar-refractivity contribution is 0.0741. The van der Waals surface area contributed by atoms with E-state index < -0.39 is 0 Å². The first-order valence-corrected chi connectivity index (χ1v) is 6.33. The van der Waals surface area contributed by atoms with Gasteiger partial charge in [0.05, 0.1) is 24.3 Å². The molecule has 0 spiro atoms. The number of hydrogen-bond donors (Lipinski definition) is 1. The number of rotatable bonds is 1. The fraction of sp³-hybridized carbons (Fsp3) is 0.429. The third kappa shape index (κ3) is 3.53. The summed E-state index contributed by atoms with van der Waals surface area (Å²) in [5, 5.41) is 0. The summed E-state index contributed by atoms with van der Waals surface area (Å²) in [6.07, 6.45) is 4.07. The first-order chi connectivity index (χ1) is 9.33. The number of carbonyl (C=O) groups is 1. The molecule has 0 saturated carbocycles. The van der Waals surface area contributed by atoms with Gasteiger partial charge in [0.1, 0.15) is 0 Å². The molecule has 5 heteroatoms. The second-order valence-electron chi connectivity index (χ2n) is 4.19. The number of carbonyl (C=O) groups excluding carboxylic acids is 1. The molecule has 1 saturated heterocycles. The van der Waals surface area contributed by atoms with Gasteiger partial charge >= 0.3 is 0 Å². The van der Waals surface area contributed by atoms with E-state index in [0.29, 0.717) is 37.4 Å². The van der Waals surface area contributed by atoms with Gasteiger partial charge in [-0.2, -0.15) is 0 Å². The van der Waals surface area contributed by atoms with Crippen molar-refractivity contribution in [3.8, 4) is 11.8 Å². The maximum Gasteiger partial charge on any atom is 0.255 e. The van der Waals surface area contributed by atoms with E-state index in [1.165, 1.54) is 0 Å². The zero-order chi connectivity index (χ0) is 13.5. The summed E-state index contributed by atoms with van der Waals surface area (Å²) in [6.45, 7) is 2.89. The summed E-state index contributed by atoms with van der Waals surface area (Å²) in [5.41, 5.74) is 6.57. The van der Waals surface area contributed by atoms with Crippen molar-refractivity contribution in [2.75, 3.05) is 32.8 Å². The van der Waals surface area contributed by atoms with Crippen molar-refractivity contribution >= 4 is 5.91 Å². The molecular weight excluding hydrogens is 242 g/mol. The van der Waals surface area contributed by atoms with E-state index in [1.54, 1.807) is 23.4 Å². The Morgan fingerprint density at radius 3 is 3.21 bits per heavy atom. The molecule has 1 aromatic heterocycles. The Kier molecular flexibility index (Phi) is 4.90. The average Bonchev–Trinajstić information content (AvgIpc) is 2.73. The number of ether oxygens (including phenoxy) is 1. The summed E-state index contributed by atoms with van der Waals surface area (Å²) in [5.74, 6) is 5.63. The monoisotopic (exact) mass is 259 g/mol. The van der Waals surface area contributed by atoms with E-state index in [2.05, 4.69) is 16.8 Å². The fourth-order valence-electron chi connectivity index (χ4n) is 1.95. The Bertz CT molecular complexity index is 497. The Labute approximate surface area is 112 Å². The van der Waals surface area contributed by atoms with Gasteiger partial charge in [0.2, 0.25) is 0 Å². The molecule has 0 atom stereocenters. The number of aromatic nitrogens is 1. The lowest BCUT2D eigenvalue weighted by atomic mass is 10.1. The highest BCUT2D eigenvalue weighted by Crippen LogP contribution is 2.11. The predicted molar refractivity (Wildman–Crippen MR) is 71.5 cm³/mol. The van der Waals surface area contributed by atoms with Crippen LogP contribution in [-0.2, 0) is 4.74 Å². The predicted octanol–water partition coefficient (Wildman–Crippen LogP) is 0.254. The van der Waals surface area contributed by atoms with Gasteiger partial charge < -0.3 is 15.4 Å². The molecule has 1 aromatic rings. The van der Waals surface area contributed by atoms with Gasteiger partial charge in [0.15, 0.2) is 0 Å². The van der Waals surface area contributed by atoms with Crippen LogP contribution in [0.1, 0.15) is 22.3 Å². The minimum absolute atomic E-state index is 0.0192. The number of hydrogen-bond acceptors (Lipinski definition) is 4. The molecule has 1 amide bonds. The molecule has 5 nitrogen and oxygen atoms in total. The fourth-order valence-corrected chi connectivity index (χ4v) is 1.95. The summed E-state index contributed by atoms with van der Waals surface area (Å²) < 4.78 is 5.36. The minimum atomic E-state index is -0.0192. The molecule has 2 heterocycles. The molecule has 2 N–H and O–H groups in total. The van der Waals surface area contributed by atoms with Crippen LogP contribution in [0, 0.1) is 11.8 Å². The summed E-state index contributed by atoms with van der Waals surface area (Å²) in [7, 11) is 0. The lowest BCUT2D eigenvalue weighted by Gasteiger charge is -2.20. The van der Waals surface area contributed by atoms with Crippen molar-refractivity contribution in [3.63, 3.8) is 0 Å². The quantitative estimate of drug-likeness (QED) is 0.734. The molecular formula is C14H17N3O2. The largest absolute Gasteiger partial charge is 0.380 e. The molecule has 0 bridgehead atoms. The van der Waals surface area contributed by atoms with E-state index in [1.807, 2.05) is 0 Å². The third-order valence-electron chi connectivity index (χ3n) is 2.89. The highest BCUT2D eigenvalue weighted by molar-refractivity contribution is 5.96. The summed E-state index contributed by atoms with van der Waals surface area (Å²) in [4.78, 5) is 18.3.